The van der Waals surface area contributed by atoms with E-state index >= 15 is 0 Å². The monoisotopic (exact) mass is 271 g/mol. The van der Waals surface area contributed by atoms with Crippen molar-refractivity contribution >= 4 is 0 Å². The van der Waals surface area contributed by atoms with E-state index in [4.69, 9.17) is 14.2 Å². The normalized spacial score (nSPS) is 12.4. The van der Waals surface area contributed by atoms with Crippen molar-refractivity contribution in [2.75, 3.05) is 40.6 Å². The highest BCUT2D eigenvalue weighted by Gasteiger charge is 2.17. The lowest BCUT2D eigenvalue weighted by molar-refractivity contribution is 0.0582. The van der Waals surface area contributed by atoms with Crippen molar-refractivity contribution in [2.45, 2.75) is 13.0 Å². The highest BCUT2D eigenvalue weighted by Crippen LogP contribution is 2.25. The average molecular weight is 271 g/mol. The van der Waals surface area contributed by atoms with Gasteiger partial charge in [-0.3, -0.25) is 0 Å². The molecule has 0 aliphatic rings. The summed E-state index contributed by atoms with van der Waals surface area (Å²) in [4.78, 5) is 0. The van der Waals surface area contributed by atoms with E-state index in [9.17, 15) is 4.39 Å². The van der Waals surface area contributed by atoms with Crippen LogP contribution in [0.1, 0.15) is 18.5 Å². The fourth-order valence-electron chi connectivity index (χ4n) is 1.80. The summed E-state index contributed by atoms with van der Waals surface area (Å²) in [6.45, 7) is 4.11. The first-order valence-electron chi connectivity index (χ1n) is 6.37. The third kappa shape index (κ3) is 4.78. The van der Waals surface area contributed by atoms with Crippen LogP contribution in [0.15, 0.2) is 18.2 Å². The molecule has 0 bridgehead atoms. The number of hydrogen-bond donors (Lipinski definition) is 1. The molecule has 0 saturated heterocycles. The van der Waals surface area contributed by atoms with E-state index in [1.165, 1.54) is 7.11 Å². The van der Waals surface area contributed by atoms with Gasteiger partial charge in [-0.15, -0.1) is 0 Å². The Morgan fingerprint density at radius 1 is 1.26 bits per heavy atom. The minimum absolute atomic E-state index is 0.197. The third-order valence-corrected chi connectivity index (χ3v) is 2.76. The van der Waals surface area contributed by atoms with E-state index in [1.807, 2.05) is 6.92 Å². The van der Waals surface area contributed by atoms with Gasteiger partial charge in [-0.1, -0.05) is 19.1 Å². The zero-order valence-corrected chi connectivity index (χ0v) is 11.7. The maximum absolute atomic E-state index is 14.2. The number of benzene rings is 1. The summed E-state index contributed by atoms with van der Waals surface area (Å²) < 4.78 is 29.6. The molecule has 5 heteroatoms. The lowest BCUT2D eigenvalue weighted by atomic mass is 10.1. The molecule has 1 rings (SSSR count). The Bertz CT molecular complexity index is 374. The second kappa shape index (κ2) is 8.85. The Kier molecular flexibility index (Phi) is 7.40. The SMILES string of the molecule is CCNC(COCCOC)c1cccc(OC)c1F. The number of nitrogens with one attached hydrogen (secondary N) is 1. The minimum atomic E-state index is -0.341. The number of rotatable bonds is 9. The van der Waals surface area contributed by atoms with Gasteiger partial charge in [-0.05, 0) is 12.6 Å². The fraction of sp³-hybridized carbons (Fsp3) is 0.571. The van der Waals surface area contributed by atoms with Gasteiger partial charge in [0, 0.05) is 12.7 Å². The van der Waals surface area contributed by atoms with Gasteiger partial charge in [0.25, 0.3) is 0 Å². The molecule has 108 valence electrons. The number of halogens is 1. The van der Waals surface area contributed by atoms with E-state index in [-0.39, 0.29) is 17.6 Å². The Hall–Kier alpha value is -1.17. The van der Waals surface area contributed by atoms with Gasteiger partial charge < -0.3 is 19.5 Å². The maximum Gasteiger partial charge on any atom is 0.169 e. The van der Waals surface area contributed by atoms with Gasteiger partial charge in [-0.2, -0.15) is 0 Å². The van der Waals surface area contributed by atoms with Gasteiger partial charge in [0.1, 0.15) is 0 Å². The largest absolute Gasteiger partial charge is 0.494 e. The van der Waals surface area contributed by atoms with Crippen LogP contribution in [0.3, 0.4) is 0 Å². The molecule has 1 N–H and O–H groups in total. The van der Waals surface area contributed by atoms with Crippen molar-refractivity contribution in [2.24, 2.45) is 0 Å². The zero-order chi connectivity index (χ0) is 14.1. The molecule has 0 saturated carbocycles. The first-order chi connectivity index (χ1) is 9.24. The third-order valence-electron chi connectivity index (χ3n) is 2.76. The summed E-state index contributed by atoms with van der Waals surface area (Å²) in [5.41, 5.74) is 0.554. The van der Waals surface area contributed by atoms with E-state index < -0.39 is 0 Å². The summed E-state index contributed by atoms with van der Waals surface area (Å²) >= 11 is 0. The summed E-state index contributed by atoms with van der Waals surface area (Å²) in [7, 11) is 3.08. The number of likely N-dealkylation sites (N-methyl/N-ethyl adjacent to an activating group) is 1. The van der Waals surface area contributed by atoms with Crippen molar-refractivity contribution < 1.29 is 18.6 Å². The number of hydrogen-bond acceptors (Lipinski definition) is 4. The molecular weight excluding hydrogens is 249 g/mol. The summed E-state index contributed by atoms with van der Waals surface area (Å²) in [5, 5.41) is 3.21. The molecule has 0 aromatic heterocycles. The second-order valence-corrected chi connectivity index (χ2v) is 4.04. The first-order valence-corrected chi connectivity index (χ1v) is 6.37. The van der Waals surface area contributed by atoms with Crippen molar-refractivity contribution in [1.29, 1.82) is 0 Å². The Morgan fingerprint density at radius 2 is 2.05 bits per heavy atom. The molecule has 0 aliphatic heterocycles. The lowest BCUT2D eigenvalue weighted by Gasteiger charge is -2.20. The molecule has 1 unspecified atom stereocenters. The highest BCUT2D eigenvalue weighted by molar-refractivity contribution is 5.33. The topological polar surface area (TPSA) is 39.7 Å². The lowest BCUT2D eigenvalue weighted by Crippen LogP contribution is -2.27. The predicted octanol–water partition coefficient (Wildman–Crippen LogP) is 2.15. The van der Waals surface area contributed by atoms with Crippen LogP contribution in [-0.2, 0) is 9.47 Å². The van der Waals surface area contributed by atoms with Gasteiger partial charge >= 0.3 is 0 Å². The molecular formula is C14H22FNO3. The predicted molar refractivity (Wildman–Crippen MR) is 72.1 cm³/mol. The molecule has 0 radical (unpaired) electrons. The molecule has 0 fully saturated rings. The molecule has 1 atom stereocenters. The van der Waals surface area contributed by atoms with Crippen molar-refractivity contribution in [3.8, 4) is 5.75 Å². The van der Waals surface area contributed by atoms with Gasteiger partial charge in [0.2, 0.25) is 0 Å². The highest BCUT2D eigenvalue weighted by atomic mass is 19.1. The van der Waals surface area contributed by atoms with Crippen LogP contribution in [0.5, 0.6) is 5.75 Å². The number of ether oxygens (including phenoxy) is 3. The molecule has 19 heavy (non-hydrogen) atoms. The molecule has 0 spiro atoms. The van der Waals surface area contributed by atoms with Crippen LogP contribution in [0.25, 0.3) is 0 Å². The standard InChI is InChI=1S/C14H22FNO3/c1-4-16-12(10-19-9-8-17-2)11-6-5-7-13(18-3)14(11)15/h5-7,12,16H,4,8-10H2,1-3H3. The molecule has 1 aromatic rings. The maximum atomic E-state index is 14.2. The fourth-order valence-corrected chi connectivity index (χ4v) is 1.80. The molecule has 4 nitrogen and oxygen atoms in total. The van der Waals surface area contributed by atoms with Crippen LogP contribution in [0, 0.1) is 5.82 Å². The smallest absolute Gasteiger partial charge is 0.169 e. The van der Waals surface area contributed by atoms with E-state index in [1.54, 1.807) is 25.3 Å². The van der Waals surface area contributed by atoms with Crippen molar-refractivity contribution in [3.05, 3.63) is 29.6 Å². The molecule has 0 aliphatic carbocycles. The van der Waals surface area contributed by atoms with E-state index in [2.05, 4.69) is 5.32 Å². The Labute approximate surface area is 113 Å². The molecule has 1 aromatic carbocycles. The summed E-state index contributed by atoms with van der Waals surface area (Å²) in [5.74, 6) is -0.0939. The van der Waals surface area contributed by atoms with Gasteiger partial charge in [-0.25, -0.2) is 4.39 Å². The number of methoxy groups -OCH3 is 2. The minimum Gasteiger partial charge on any atom is -0.494 e. The summed E-state index contributed by atoms with van der Waals surface area (Å²) in [6, 6.07) is 4.92. The Morgan fingerprint density at radius 3 is 2.68 bits per heavy atom. The van der Waals surface area contributed by atoms with Crippen molar-refractivity contribution in [3.63, 3.8) is 0 Å². The molecule has 0 amide bonds. The molecule has 0 heterocycles. The van der Waals surface area contributed by atoms with Gasteiger partial charge in [0.05, 0.1) is 33.0 Å². The van der Waals surface area contributed by atoms with Crippen LogP contribution in [0.4, 0.5) is 4.39 Å². The van der Waals surface area contributed by atoms with Crippen LogP contribution >= 0.6 is 0 Å². The first kappa shape index (κ1) is 15.9. The van der Waals surface area contributed by atoms with Crippen LogP contribution in [-0.4, -0.2) is 40.6 Å². The average Bonchev–Trinajstić information content (AvgIpc) is 2.43. The van der Waals surface area contributed by atoms with E-state index in [0.717, 1.165) is 6.54 Å². The summed E-state index contributed by atoms with van der Waals surface area (Å²) in [6.07, 6.45) is 0. The second-order valence-electron chi connectivity index (χ2n) is 4.04. The Balaban J connectivity index is 2.74. The van der Waals surface area contributed by atoms with Crippen LogP contribution in [0.2, 0.25) is 0 Å². The van der Waals surface area contributed by atoms with Gasteiger partial charge in [0.15, 0.2) is 11.6 Å². The quantitative estimate of drug-likeness (QED) is 0.699. The van der Waals surface area contributed by atoms with E-state index in [0.29, 0.717) is 25.4 Å². The van der Waals surface area contributed by atoms with Crippen molar-refractivity contribution in [1.82, 2.24) is 5.32 Å². The zero-order valence-electron chi connectivity index (χ0n) is 11.7. The van der Waals surface area contributed by atoms with Crippen LogP contribution < -0.4 is 10.1 Å².